The van der Waals surface area contributed by atoms with E-state index in [0.717, 1.165) is 11.1 Å². The first-order chi connectivity index (χ1) is 13.5. The number of hydrogen-bond donors (Lipinski definition) is 1. The summed E-state index contributed by atoms with van der Waals surface area (Å²) in [4.78, 5) is 27.3. The molecule has 2 N–H and O–H groups in total. The van der Waals surface area contributed by atoms with E-state index in [0.29, 0.717) is 5.56 Å². The van der Waals surface area contributed by atoms with Gasteiger partial charge >= 0.3 is 0 Å². The maximum absolute atomic E-state index is 13.6. The van der Waals surface area contributed by atoms with Crippen molar-refractivity contribution in [1.82, 2.24) is 4.90 Å². The zero-order chi connectivity index (χ0) is 20.1. The highest BCUT2D eigenvalue weighted by Crippen LogP contribution is 2.32. The van der Waals surface area contributed by atoms with Gasteiger partial charge in [0.1, 0.15) is 0 Å². The van der Waals surface area contributed by atoms with Crippen LogP contribution in [0.2, 0.25) is 0 Å². The van der Waals surface area contributed by atoms with Crippen molar-refractivity contribution in [2.45, 2.75) is 25.9 Å². The van der Waals surface area contributed by atoms with Crippen molar-refractivity contribution in [1.29, 1.82) is 0 Å². The summed E-state index contributed by atoms with van der Waals surface area (Å²) in [5.74, 6) is -0.828. The summed E-state index contributed by atoms with van der Waals surface area (Å²) in [6.07, 6.45) is 0. The first-order valence-electron chi connectivity index (χ1n) is 9.32. The molecule has 0 aliphatic carbocycles. The van der Waals surface area contributed by atoms with Crippen LogP contribution in [0.3, 0.4) is 0 Å². The number of nitrogens with two attached hydrogens (primary N) is 1. The molecule has 0 aromatic heterocycles. The molecule has 0 heterocycles. The molecular weight excluding hydrogens is 348 g/mol. The Bertz CT molecular complexity index is 909. The van der Waals surface area contributed by atoms with Crippen molar-refractivity contribution in [2.75, 3.05) is 0 Å². The smallest absolute Gasteiger partial charge is 0.255 e. The van der Waals surface area contributed by atoms with E-state index in [9.17, 15) is 9.59 Å². The van der Waals surface area contributed by atoms with E-state index < -0.39 is 5.91 Å². The van der Waals surface area contributed by atoms with Gasteiger partial charge in [-0.05, 0) is 37.1 Å². The predicted octanol–water partition coefficient (Wildman–Crippen LogP) is 4.75. The normalized spacial score (nSPS) is 12.8. The Balaban J connectivity index is 2.08. The molecule has 28 heavy (non-hydrogen) atoms. The highest BCUT2D eigenvalue weighted by atomic mass is 16.2. The minimum atomic E-state index is -0.608. The van der Waals surface area contributed by atoms with E-state index in [1.165, 1.54) is 0 Å². The van der Waals surface area contributed by atoms with Gasteiger partial charge in [-0.3, -0.25) is 9.59 Å². The fraction of sp³-hybridized carbons (Fsp3) is 0.167. The van der Waals surface area contributed by atoms with Crippen LogP contribution in [0, 0.1) is 0 Å². The Kier molecular flexibility index (Phi) is 5.90. The topological polar surface area (TPSA) is 63.4 Å². The van der Waals surface area contributed by atoms with Crippen molar-refractivity contribution in [3.63, 3.8) is 0 Å². The molecule has 4 nitrogen and oxygen atoms in total. The molecule has 3 aromatic carbocycles. The zero-order valence-corrected chi connectivity index (χ0v) is 16.1. The number of hydrogen-bond acceptors (Lipinski definition) is 2. The molecule has 2 atom stereocenters. The molecule has 3 aromatic rings. The third-order valence-corrected chi connectivity index (χ3v) is 5.06. The fourth-order valence-electron chi connectivity index (χ4n) is 3.50. The monoisotopic (exact) mass is 372 g/mol. The maximum atomic E-state index is 13.6. The summed E-state index contributed by atoms with van der Waals surface area (Å²) in [7, 11) is 0. The number of nitrogens with zero attached hydrogens (tertiary/aromatic N) is 1. The third-order valence-electron chi connectivity index (χ3n) is 5.06. The Labute approximate surface area is 165 Å². The van der Waals surface area contributed by atoms with Crippen LogP contribution in [0.1, 0.15) is 57.8 Å². The highest BCUT2D eigenvalue weighted by Gasteiger charge is 2.30. The van der Waals surface area contributed by atoms with Gasteiger partial charge in [0.15, 0.2) is 0 Å². The van der Waals surface area contributed by atoms with Gasteiger partial charge in [-0.25, -0.2) is 0 Å². The average molecular weight is 372 g/mol. The zero-order valence-electron chi connectivity index (χ0n) is 16.1. The average Bonchev–Trinajstić information content (AvgIpc) is 2.74. The molecule has 0 aliphatic rings. The lowest BCUT2D eigenvalue weighted by Gasteiger charge is -2.36. The Hall–Kier alpha value is -3.40. The minimum Gasteiger partial charge on any atom is -0.366 e. The van der Waals surface area contributed by atoms with Gasteiger partial charge in [0.05, 0.1) is 23.2 Å². The predicted molar refractivity (Wildman–Crippen MR) is 111 cm³/mol. The number of carbonyl (C=O) groups is 2. The van der Waals surface area contributed by atoms with Gasteiger partial charge in [0, 0.05) is 0 Å². The van der Waals surface area contributed by atoms with Crippen LogP contribution in [0.25, 0.3) is 0 Å². The molecule has 4 heteroatoms. The number of benzene rings is 3. The summed E-state index contributed by atoms with van der Waals surface area (Å²) in [5.41, 5.74) is 8.12. The van der Waals surface area contributed by atoms with Crippen LogP contribution >= 0.6 is 0 Å². The molecule has 0 fully saturated rings. The number of carbonyl (C=O) groups excluding carboxylic acids is 2. The summed E-state index contributed by atoms with van der Waals surface area (Å²) >= 11 is 0. The fourth-order valence-corrected chi connectivity index (χ4v) is 3.50. The van der Waals surface area contributed by atoms with Crippen LogP contribution in [0.15, 0.2) is 84.9 Å². The molecule has 2 unspecified atom stereocenters. The molecule has 0 saturated heterocycles. The maximum Gasteiger partial charge on any atom is 0.255 e. The summed E-state index contributed by atoms with van der Waals surface area (Å²) in [6, 6.07) is 26.1. The Morgan fingerprint density at radius 3 is 1.50 bits per heavy atom. The molecule has 0 saturated carbocycles. The molecule has 0 bridgehead atoms. The molecule has 3 rings (SSSR count). The van der Waals surface area contributed by atoms with Gasteiger partial charge in [0.25, 0.3) is 5.91 Å². The first kappa shape index (κ1) is 19.4. The molecule has 0 radical (unpaired) electrons. The SMILES string of the molecule is CC(c1ccccc1)N(C(=O)c1ccccc1C(N)=O)C(C)c1ccccc1. The second-order valence-electron chi connectivity index (χ2n) is 6.80. The van der Waals surface area contributed by atoms with Crippen molar-refractivity contribution < 1.29 is 9.59 Å². The third kappa shape index (κ3) is 3.96. The minimum absolute atomic E-state index is 0.190. The Morgan fingerprint density at radius 2 is 1.07 bits per heavy atom. The standard InChI is InChI=1S/C24H24N2O2/c1-17(19-11-5-3-6-12-19)26(18(2)20-13-7-4-8-14-20)24(28)22-16-10-9-15-21(22)23(25)27/h3-18H,1-2H3,(H2,25,27). The second kappa shape index (κ2) is 8.53. The van der Waals surface area contributed by atoms with Crippen molar-refractivity contribution in [3.8, 4) is 0 Å². The van der Waals surface area contributed by atoms with E-state index in [1.54, 1.807) is 24.3 Å². The molecule has 2 amide bonds. The number of rotatable bonds is 6. The van der Waals surface area contributed by atoms with Crippen LogP contribution in [0.4, 0.5) is 0 Å². The van der Waals surface area contributed by atoms with Gasteiger partial charge in [-0.2, -0.15) is 0 Å². The van der Waals surface area contributed by atoms with Crippen molar-refractivity contribution in [2.24, 2.45) is 5.73 Å². The number of amides is 2. The van der Waals surface area contributed by atoms with Gasteiger partial charge < -0.3 is 10.6 Å². The van der Waals surface area contributed by atoms with E-state index in [1.807, 2.05) is 79.4 Å². The summed E-state index contributed by atoms with van der Waals surface area (Å²) < 4.78 is 0. The molecular formula is C24H24N2O2. The quantitative estimate of drug-likeness (QED) is 0.679. The highest BCUT2D eigenvalue weighted by molar-refractivity contribution is 6.06. The molecule has 142 valence electrons. The van der Waals surface area contributed by atoms with Crippen LogP contribution < -0.4 is 5.73 Å². The van der Waals surface area contributed by atoms with Crippen LogP contribution in [0.5, 0.6) is 0 Å². The molecule has 0 aliphatic heterocycles. The van der Waals surface area contributed by atoms with E-state index in [4.69, 9.17) is 5.73 Å². The molecule has 0 spiro atoms. The second-order valence-corrected chi connectivity index (χ2v) is 6.80. The Morgan fingerprint density at radius 1 is 0.679 bits per heavy atom. The van der Waals surface area contributed by atoms with Crippen molar-refractivity contribution in [3.05, 3.63) is 107 Å². The lowest BCUT2D eigenvalue weighted by atomic mass is 9.98. The van der Waals surface area contributed by atoms with Crippen LogP contribution in [-0.4, -0.2) is 16.7 Å². The lowest BCUT2D eigenvalue weighted by Crippen LogP contribution is -2.37. The van der Waals surface area contributed by atoms with E-state index in [2.05, 4.69) is 0 Å². The van der Waals surface area contributed by atoms with E-state index in [-0.39, 0.29) is 23.6 Å². The van der Waals surface area contributed by atoms with E-state index >= 15 is 0 Å². The largest absolute Gasteiger partial charge is 0.366 e. The van der Waals surface area contributed by atoms with Crippen LogP contribution in [-0.2, 0) is 0 Å². The van der Waals surface area contributed by atoms with Crippen molar-refractivity contribution >= 4 is 11.8 Å². The number of primary amides is 1. The first-order valence-corrected chi connectivity index (χ1v) is 9.32. The summed E-state index contributed by atoms with van der Waals surface area (Å²) in [6.45, 7) is 4.00. The summed E-state index contributed by atoms with van der Waals surface area (Å²) in [5, 5.41) is 0. The van der Waals surface area contributed by atoms with Gasteiger partial charge in [-0.15, -0.1) is 0 Å². The lowest BCUT2D eigenvalue weighted by molar-refractivity contribution is 0.0600. The van der Waals surface area contributed by atoms with Gasteiger partial charge in [0.2, 0.25) is 5.91 Å². The van der Waals surface area contributed by atoms with Gasteiger partial charge in [-0.1, -0.05) is 72.8 Å².